The number of benzene rings is 2. The van der Waals surface area contributed by atoms with Crippen molar-refractivity contribution >= 4 is 17.0 Å². The molecule has 0 spiro atoms. The number of phenols is 1. The first kappa shape index (κ1) is 16.8. The van der Waals surface area contributed by atoms with Crippen LogP contribution in [0.5, 0.6) is 11.5 Å². The van der Waals surface area contributed by atoms with E-state index in [-0.39, 0.29) is 12.2 Å². The van der Waals surface area contributed by atoms with E-state index in [1.165, 1.54) is 0 Å². The number of phenolic OH excluding ortho intramolecular Hbond substituents is 1. The zero-order valence-electron chi connectivity index (χ0n) is 14.4. The molecule has 2 unspecified atom stereocenters. The summed E-state index contributed by atoms with van der Waals surface area (Å²) in [6.07, 6.45) is 0.594. The van der Waals surface area contributed by atoms with Crippen LogP contribution in [0.1, 0.15) is 34.6 Å². The first-order valence-electron chi connectivity index (χ1n) is 8.53. The molecule has 0 fully saturated rings. The Labute approximate surface area is 156 Å². The minimum Gasteiger partial charge on any atom is -0.508 e. The fraction of sp³-hybridized carbons (Fsp3) is 0.190. The summed E-state index contributed by atoms with van der Waals surface area (Å²) in [4.78, 5) is 6.11. The molecule has 0 saturated heterocycles. The molecule has 2 atom stereocenters. The van der Waals surface area contributed by atoms with E-state index in [1.54, 1.807) is 24.5 Å². The van der Waals surface area contributed by atoms with Crippen LogP contribution in [0.15, 0.2) is 71.0 Å². The highest BCUT2D eigenvalue weighted by Gasteiger charge is 2.27. The van der Waals surface area contributed by atoms with Gasteiger partial charge in [-0.1, -0.05) is 24.3 Å². The Morgan fingerprint density at radius 1 is 1.08 bits per heavy atom. The van der Waals surface area contributed by atoms with Gasteiger partial charge in [-0.2, -0.15) is 0 Å². The van der Waals surface area contributed by atoms with Crippen molar-refractivity contribution in [2.24, 2.45) is 4.99 Å². The van der Waals surface area contributed by atoms with E-state index in [4.69, 9.17) is 9.73 Å². The lowest BCUT2D eigenvalue weighted by atomic mass is 9.94. The van der Waals surface area contributed by atoms with Gasteiger partial charge in [-0.3, -0.25) is 10.3 Å². The first-order chi connectivity index (χ1) is 12.7. The first-order valence-corrected chi connectivity index (χ1v) is 9.41. The predicted molar refractivity (Wildman–Crippen MR) is 105 cm³/mol. The number of hydrogen-bond acceptors (Lipinski definition) is 5. The molecule has 3 aromatic rings. The van der Waals surface area contributed by atoms with E-state index >= 15 is 0 Å². The SMILES string of the molecule is COc1ccc(C2=NC(c3cccs3)NC(c3ccccc3O)C2)cc1. The lowest BCUT2D eigenvalue weighted by Gasteiger charge is -2.30. The maximum atomic E-state index is 10.3. The summed E-state index contributed by atoms with van der Waals surface area (Å²) in [5, 5.41) is 15.9. The number of nitrogens with one attached hydrogen (secondary N) is 1. The van der Waals surface area contributed by atoms with Crippen LogP contribution in [-0.4, -0.2) is 17.9 Å². The van der Waals surface area contributed by atoms with Gasteiger partial charge in [0, 0.05) is 28.6 Å². The monoisotopic (exact) mass is 364 g/mol. The van der Waals surface area contributed by atoms with Crippen LogP contribution in [0, 0.1) is 0 Å². The number of rotatable bonds is 4. The molecule has 0 amide bonds. The van der Waals surface area contributed by atoms with E-state index in [0.717, 1.165) is 27.5 Å². The second-order valence-corrected chi connectivity index (χ2v) is 7.18. The maximum absolute atomic E-state index is 10.3. The molecule has 5 heteroatoms. The minimum atomic E-state index is -0.120. The van der Waals surface area contributed by atoms with Crippen molar-refractivity contribution in [2.75, 3.05) is 7.11 Å². The third-order valence-corrected chi connectivity index (χ3v) is 5.51. The highest BCUT2D eigenvalue weighted by molar-refractivity contribution is 7.10. The van der Waals surface area contributed by atoms with Crippen LogP contribution in [0.3, 0.4) is 0 Å². The second kappa shape index (κ2) is 7.32. The van der Waals surface area contributed by atoms with E-state index < -0.39 is 0 Å². The topological polar surface area (TPSA) is 53.8 Å². The summed E-state index contributed by atoms with van der Waals surface area (Å²) in [6.45, 7) is 0. The second-order valence-electron chi connectivity index (χ2n) is 6.20. The molecule has 0 saturated carbocycles. The number of aliphatic imine (C=N–C) groups is 1. The van der Waals surface area contributed by atoms with E-state index in [1.807, 2.05) is 48.5 Å². The summed E-state index contributed by atoms with van der Waals surface area (Å²) >= 11 is 1.68. The molecule has 0 radical (unpaired) electrons. The zero-order valence-corrected chi connectivity index (χ0v) is 15.2. The highest BCUT2D eigenvalue weighted by Crippen LogP contribution is 2.35. The number of hydrogen-bond donors (Lipinski definition) is 2. The molecule has 4 rings (SSSR count). The number of aromatic hydroxyl groups is 1. The van der Waals surface area contributed by atoms with Gasteiger partial charge in [0.15, 0.2) is 0 Å². The van der Waals surface area contributed by atoms with Crippen molar-refractivity contribution in [3.63, 3.8) is 0 Å². The molecule has 1 aliphatic rings. The summed E-state index contributed by atoms with van der Waals surface area (Å²) in [6, 6.07) is 19.6. The smallest absolute Gasteiger partial charge is 0.135 e. The van der Waals surface area contributed by atoms with Gasteiger partial charge in [0.05, 0.1) is 7.11 Å². The molecule has 4 nitrogen and oxygen atoms in total. The van der Waals surface area contributed by atoms with Crippen LogP contribution >= 0.6 is 11.3 Å². The maximum Gasteiger partial charge on any atom is 0.135 e. The minimum absolute atomic E-state index is 0.00194. The average Bonchev–Trinajstić information content (AvgIpc) is 3.23. The fourth-order valence-corrected chi connectivity index (χ4v) is 3.96. The molecule has 26 heavy (non-hydrogen) atoms. The lowest BCUT2D eigenvalue weighted by molar-refractivity contribution is 0.414. The van der Waals surface area contributed by atoms with Gasteiger partial charge in [-0.05, 0) is 47.3 Å². The van der Waals surface area contributed by atoms with Gasteiger partial charge in [-0.15, -0.1) is 11.3 Å². The van der Waals surface area contributed by atoms with Gasteiger partial charge < -0.3 is 9.84 Å². The molecule has 0 aliphatic carbocycles. The summed E-state index contributed by atoms with van der Waals surface area (Å²) in [5.41, 5.74) is 3.00. The number of methoxy groups -OCH3 is 1. The van der Waals surface area contributed by atoms with Gasteiger partial charge in [0.1, 0.15) is 17.7 Å². The van der Waals surface area contributed by atoms with E-state index in [2.05, 4.69) is 16.8 Å². The largest absolute Gasteiger partial charge is 0.508 e. The molecule has 0 bridgehead atoms. The number of para-hydroxylation sites is 1. The Kier molecular flexibility index (Phi) is 4.73. The standard InChI is InChI=1S/C21H20N2O2S/c1-25-15-10-8-14(9-11-15)17-13-18(16-5-2-3-6-19(16)24)23-21(22-17)20-7-4-12-26-20/h2-12,18,21,23-24H,13H2,1H3. The Morgan fingerprint density at radius 2 is 1.88 bits per heavy atom. The van der Waals surface area contributed by atoms with Crippen LogP contribution in [0.25, 0.3) is 0 Å². The highest BCUT2D eigenvalue weighted by atomic mass is 32.1. The van der Waals surface area contributed by atoms with Crippen LogP contribution in [0.2, 0.25) is 0 Å². The van der Waals surface area contributed by atoms with Gasteiger partial charge in [0.25, 0.3) is 0 Å². The fourth-order valence-electron chi connectivity index (χ4n) is 3.24. The lowest BCUT2D eigenvalue weighted by Crippen LogP contribution is -2.32. The quantitative estimate of drug-likeness (QED) is 0.706. The molecular weight excluding hydrogens is 344 g/mol. The molecule has 2 N–H and O–H groups in total. The molecular formula is C21H20N2O2S. The van der Waals surface area contributed by atoms with Crippen molar-refractivity contribution in [2.45, 2.75) is 18.6 Å². The van der Waals surface area contributed by atoms with Gasteiger partial charge in [-0.25, -0.2) is 0 Å². The average molecular weight is 364 g/mol. The number of ether oxygens (including phenoxy) is 1. The van der Waals surface area contributed by atoms with Crippen molar-refractivity contribution < 1.29 is 9.84 Å². The molecule has 2 heterocycles. The van der Waals surface area contributed by atoms with Crippen LogP contribution < -0.4 is 10.1 Å². The summed E-state index contributed by atoms with van der Waals surface area (Å²) in [5.74, 6) is 1.14. The van der Waals surface area contributed by atoms with E-state index in [9.17, 15) is 5.11 Å². The van der Waals surface area contributed by atoms with E-state index in [0.29, 0.717) is 12.2 Å². The normalized spacial score (nSPS) is 19.8. The Balaban J connectivity index is 1.72. The Bertz CT molecular complexity index is 904. The third kappa shape index (κ3) is 3.36. The van der Waals surface area contributed by atoms with Crippen molar-refractivity contribution in [1.82, 2.24) is 5.32 Å². The molecule has 132 valence electrons. The Hall–Kier alpha value is -2.63. The van der Waals surface area contributed by atoms with Crippen LogP contribution in [0.4, 0.5) is 0 Å². The van der Waals surface area contributed by atoms with Crippen molar-refractivity contribution in [3.8, 4) is 11.5 Å². The summed E-state index contributed by atoms with van der Waals surface area (Å²) < 4.78 is 5.26. The molecule has 2 aromatic carbocycles. The summed E-state index contributed by atoms with van der Waals surface area (Å²) in [7, 11) is 1.66. The Morgan fingerprint density at radius 3 is 2.58 bits per heavy atom. The molecule has 1 aliphatic heterocycles. The van der Waals surface area contributed by atoms with Crippen LogP contribution in [-0.2, 0) is 0 Å². The predicted octanol–water partition coefficient (Wildman–Crippen LogP) is 4.68. The number of thiophene rings is 1. The number of nitrogens with zero attached hydrogens (tertiary/aromatic N) is 1. The third-order valence-electron chi connectivity index (χ3n) is 4.59. The molecule has 1 aromatic heterocycles. The van der Waals surface area contributed by atoms with Gasteiger partial charge >= 0.3 is 0 Å². The van der Waals surface area contributed by atoms with Crippen molar-refractivity contribution in [3.05, 3.63) is 82.0 Å². The van der Waals surface area contributed by atoms with Crippen molar-refractivity contribution in [1.29, 1.82) is 0 Å². The zero-order chi connectivity index (χ0) is 17.9. The van der Waals surface area contributed by atoms with Gasteiger partial charge in [0.2, 0.25) is 0 Å².